The van der Waals surface area contributed by atoms with E-state index in [1.54, 1.807) is 25.1 Å². The number of nitrogen functional groups attached to an aromatic ring is 1. The van der Waals surface area contributed by atoms with Gasteiger partial charge in [0.2, 0.25) is 11.6 Å². The highest BCUT2D eigenvalue weighted by Gasteiger charge is 2.25. The van der Waals surface area contributed by atoms with Crippen LogP contribution in [0.2, 0.25) is 10.0 Å². The minimum atomic E-state index is -0.631. The second-order valence-corrected chi connectivity index (χ2v) is 4.38. The topological polar surface area (TPSA) is 78.3 Å². The molecule has 0 aliphatic carbocycles. The molecule has 1 heterocycles. The molecule has 1 aromatic heterocycles. The monoisotopic (exact) mass is 300 g/mol. The maximum atomic E-state index is 11.8. The Hall–Kier alpha value is -1.72. The first kappa shape index (κ1) is 13.7. The van der Waals surface area contributed by atoms with Crippen LogP contribution in [-0.4, -0.2) is 17.7 Å². The van der Waals surface area contributed by atoms with E-state index >= 15 is 0 Å². The van der Waals surface area contributed by atoms with Crippen LogP contribution in [0.1, 0.15) is 17.4 Å². The van der Waals surface area contributed by atoms with E-state index in [2.05, 4.69) is 5.16 Å². The maximum Gasteiger partial charge on any atom is 0.361 e. The number of carbonyl (C=O) groups is 1. The van der Waals surface area contributed by atoms with Gasteiger partial charge in [-0.3, -0.25) is 0 Å². The minimum Gasteiger partial charge on any atom is -0.461 e. The standard InChI is InChI=1S/C12H10Cl2N2O3/c1-2-18-12(17)10-8(11(15)19-16-10)6-4-3-5-7(13)9(6)14/h3-5H,2,15H2,1H3. The van der Waals surface area contributed by atoms with Gasteiger partial charge in [-0.15, -0.1) is 0 Å². The summed E-state index contributed by atoms with van der Waals surface area (Å²) < 4.78 is 9.72. The number of nitrogens with two attached hydrogens (primary N) is 1. The molecule has 0 aliphatic heterocycles. The molecule has 2 rings (SSSR count). The Bertz CT molecular complexity index is 625. The van der Waals surface area contributed by atoms with Crippen molar-refractivity contribution in [1.29, 1.82) is 0 Å². The molecular formula is C12H10Cl2N2O3. The smallest absolute Gasteiger partial charge is 0.361 e. The van der Waals surface area contributed by atoms with E-state index < -0.39 is 5.97 Å². The van der Waals surface area contributed by atoms with Crippen LogP contribution < -0.4 is 5.73 Å². The van der Waals surface area contributed by atoms with Crippen molar-refractivity contribution < 1.29 is 14.1 Å². The summed E-state index contributed by atoms with van der Waals surface area (Å²) in [4.78, 5) is 11.8. The lowest BCUT2D eigenvalue weighted by molar-refractivity contribution is 0.0515. The Morgan fingerprint density at radius 1 is 1.47 bits per heavy atom. The summed E-state index contributed by atoms with van der Waals surface area (Å²) in [7, 11) is 0. The molecule has 19 heavy (non-hydrogen) atoms. The number of ether oxygens (including phenoxy) is 1. The van der Waals surface area contributed by atoms with Gasteiger partial charge < -0.3 is 15.0 Å². The summed E-state index contributed by atoms with van der Waals surface area (Å²) >= 11 is 12.0. The number of anilines is 1. The molecule has 2 aromatic rings. The third kappa shape index (κ3) is 2.52. The molecule has 0 bridgehead atoms. The van der Waals surface area contributed by atoms with Crippen molar-refractivity contribution in [3.05, 3.63) is 33.9 Å². The van der Waals surface area contributed by atoms with Gasteiger partial charge in [0, 0.05) is 5.56 Å². The number of benzene rings is 1. The molecule has 0 fully saturated rings. The Balaban J connectivity index is 2.59. The molecule has 0 saturated heterocycles. The van der Waals surface area contributed by atoms with Crippen LogP contribution in [0, 0.1) is 0 Å². The molecule has 0 saturated carbocycles. The van der Waals surface area contributed by atoms with Gasteiger partial charge in [-0.05, 0) is 13.0 Å². The van der Waals surface area contributed by atoms with E-state index in [1.165, 1.54) is 0 Å². The number of nitrogens with zero attached hydrogens (tertiary/aromatic N) is 1. The number of halogens is 2. The van der Waals surface area contributed by atoms with Crippen LogP contribution in [-0.2, 0) is 4.74 Å². The van der Waals surface area contributed by atoms with Crippen LogP contribution >= 0.6 is 23.2 Å². The fourth-order valence-corrected chi connectivity index (χ4v) is 1.99. The molecule has 0 radical (unpaired) electrons. The summed E-state index contributed by atoms with van der Waals surface area (Å²) in [5.41, 5.74) is 6.41. The van der Waals surface area contributed by atoms with Gasteiger partial charge >= 0.3 is 5.97 Å². The van der Waals surface area contributed by atoms with E-state index in [1.807, 2.05) is 0 Å². The molecule has 0 aliphatic rings. The largest absolute Gasteiger partial charge is 0.461 e. The third-order valence-corrected chi connectivity index (χ3v) is 3.23. The van der Waals surface area contributed by atoms with Crippen LogP contribution in [0.15, 0.2) is 22.7 Å². The molecule has 0 unspecified atom stereocenters. The molecule has 2 N–H and O–H groups in total. The third-order valence-electron chi connectivity index (χ3n) is 2.41. The second-order valence-electron chi connectivity index (χ2n) is 3.59. The van der Waals surface area contributed by atoms with Gasteiger partial charge in [-0.1, -0.05) is 40.5 Å². The van der Waals surface area contributed by atoms with E-state index in [0.717, 1.165) is 0 Å². The molecule has 0 atom stereocenters. The summed E-state index contributed by atoms with van der Waals surface area (Å²) in [6.45, 7) is 1.90. The van der Waals surface area contributed by atoms with Gasteiger partial charge in [0.05, 0.1) is 22.2 Å². The Kier molecular flexibility index (Phi) is 3.97. The van der Waals surface area contributed by atoms with Gasteiger partial charge in [0.15, 0.2) is 0 Å². The average molecular weight is 301 g/mol. The first-order valence-corrected chi connectivity index (χ1v) is 6.18. The van der Waals surface area contributed by atoms with Gasteiger partial charge in [-0.25, -0.2) is 4.79 Å². The number of aromatic nitrogens is 1. The number of esters is 1. The zero-order valence-electron chi connectivity index (χ0n) is 9.94. The van der Waals surface area contributed by atoms with Gasteiger partial charge in [0.1, 0.15) is 0 Å². The molecular weight excluding hydrogens is 291 g/mol. The number of rotatable bonds is 3. The van der Waals surface area contributed by atoms with Crippen LogP contribution in [0.25, 0.3) is 11.1 Å². The maximum absolute atomic E-state index is 11.8. The zero-order chi connectivity index (χ0) is 14.0. The predicted octanol–water partition coefficient (Wildman–Crippen LogP) is 3.41. The summed E-state index contributed by atoms with van der Waals surface area (Å²) in [6.07, 6.45) is 0. The van der Waals surface area contributed by atoms with Crippen LogP contribution in [0.3, 0.4) is 0 Å². The zero-order valence-corrected chi connectivity index (χ0v) is 11.5. The van der Waals surface area contributed by atoms with Crippen LogP contribution in [0.4, 0.5) is 5.88 Å². The quantitative estimate of drug-likeness (QED) is 0.879. The summed E-state index contributed by atoms with van der Waals surface area (Å²) in [5, 5.41) is 4.22. The van der Waals surface area contributed by atoms with Gasteiger partial charge in [-0.2, -0.15) is 0 Å². The lowest BCUT2D eigenvalue weighted by Gasteiger charge is -2.05. The highest BCUT2D eigenvalue weighted by atomic mass is 35.5. The summed E-state index contributed by atoms with van der Waals surface area (Å²) in [5.74, 6) is -0.652. The van der Waals surface area contributed by atoms with Crippen molar-refractivity contribution in [2.24, 2.45) is 0 Å². The van der Waals surface area contributed by atoms with Crippen molar-refractivity contribution in [3.63, 3.8) is 0 Å². The summed E-state index contributed by atoms with van der Waals surface area (Å²) in [6, 6.07) is 4.98. The van der Waals surface area contributed by atoms with E-state index in [4.69, 9.17) is 38.2 Å². The van der Waals surface area contributed by atoms with E-state index in [0.29, 0.717) is 10.6 Å². The fourth-order valence-electron chi connectivity index (χ4n) is 1.60. The number of hydrogen-bond donors (Lipinski definition) is 1. The Labute approximate surface area is 119 Å². The van der Waals surface area contributed by atoms with Crippen LogP contribution in [0.5, 0.6) is 0 Å². The lowest BCUT2D eigenvalue weighted by atomic mass is 10.1. The predicted molar refractivity (Wildman–Crippen MR) is 72.3 cm³/mol. The number of carbonyl (C=O) groups excluding carboxylic acids is 1. The van der Waals surface area contributed by atoms with Gasteiger partial charge in [0.25, 0.3) is 0 Å². The SMILES string of the molecule is CCOC(=O)c1noc(N)c1-c1cccc(Cl)c1Cl. The van der Waals surface area contributed by atoms with E-state index in [-0.39, 0.29) is 28.8 Å². The molecule has 0 amide bonds. The first-order chi connectivity index (χ1) is 9.06. The van der Waals surface area contributed by atoms with E-state index in [9.17, 15) is 4.79 Å². The van der Waals surface area contributed by atoms with Crippen molar-refractivity contribution >= 4 is 35.1 Å². The molecule has 1 aromatic carbocycles. The van der Waals surface area contributed by atoms with Crippen molar-refractivity contribution in [2.45, 2.75) is 6.92 Å². The Morgan fingerprint density at radius 3 is 2.89 bits per heavy atom. The highest BCUT2D eigenvalue weighted by Crippen LogP contribution is 2.38. The minimum absolute atomic E-state index is 0.0211. The Morgan fingerprint density at radius 2 is 2.21 bits per heavy atom. The lowest BCUT2D eigenvalue weighted by Crippen LogP contribution is -2.07. The number of hydrogen-bond acceptors (Lipinski definition) is 5. The second kappa shape index (κ2) is 5.50. The molecule has 5 nitrogen and oxygen atoms in total. The van der Waals surface area contributed by atoms with Crippen molar-refractivity contribution in [2.75, 3.05) is 12.3 Å². The van der Waals surface area contributed by atoms with Crippen molar-refractivity contribution in [3.8, 4) is 11.1 Å². The normalized spacial score (nSPS) is 10.5. The fraction of sp³-hybridized carbons (Fsp3) is 0.167. The molecule has 100 valence electrons. The average Bonchev–Trinajstić information content (AvgIpc) is 2.75. The highest BCUT2D eigenvalue weighted by molar-refractivity contribution is 6.43. The molecule has 7 heteroatoms. The first-order valence-electron chi connectivity index (χ1n) is 5.42. The van der Waals surface area contributed by atoms with Crippen molar-refractivity contribution in [1.82, 2.24) is 5.16 Å². The molecule has 0 spiro atoms.